The quantitative estimate of drug-likeness (QED) is 0.0117. The number of carbonyl (C=O) groups excluding carboxylic acids is 9. The van der Waals surface area contributed by atoms with Gasteiger partial charge in [0.25, 0.3) is 0 Å². The van der Waals surface area contributed by atoms with E-state index in [0.717, 1.165) is 141 Å². The first kappa shape index (κ1) is 122. The average molecular weight is 1930 g/mol. The second kappa shape index (κ2) is 73.7. The number of alkyl carbamates (subject to hydrolysis) is 1. The number of methoxy groups -OCH3 is 2. The maximum atomic E-state index is 12.7. The van der Waals surface area contributed by atoms with Gasteiger partial charge in [0, 0.05) is 133 Å². The third-order valence-corrected chi connectivity index (χ3v) is 28.2. The minimum Gasteiger partial charge on any atom is -0.466 e. The number of esters is 2. The molecule has 37 heteroatoms. The van der Waals surface area contributed by atoms with Crippen LogP contribution in [0, 0.1) is 23.2 Å². The summed E-state index contributed by atoms with van der Waals surface area (Å²) in [5, 5.41) is 97.6. The molecule has 0 aromatic rings. The van der Waals surface area contributed by atoms with E-state index in [1.807, 2.05) is 4.90 Å². The fourth-order valence-corrected chi connectivity index (χ4v) is 18.6. The number of nitrogens with one attached hydrogen (secondary N) is 3. The van der Waals surface area contributed by atoms with E-state index in [2.05, 4.69) is 36.7 Å². The Bertz CT molecular complexity index is 2860. The molecular formula is C95H172N4O31S2. The number of hydrogen-bond donors (Lipinski definition) is 12. The van der Waals surface area contributed by atoms with E-state index in [1.54, 1.807) is 63.5 Å². The third-order valence-electron chi connectivity index (χ3n) is 24.9. The first-order chi connectivity index (χ1) is 63.4. The molecule has 4 amide bonds. The molecule has 17 atom stereocenters. The Morgan fingerprint density at radius 3 is 1.26 bits per heavy atom. The number of nitrogens with zero attached hydrogens (tertiary/aromatic N) is 1. The van der Waals surface area contributed by atoms with Crippen LogP contribution in [-0.4, -0.2) is 333 Å². The zero-order valence-corrected chi connectivity index (χ0v) is 82.7. The summed E-state index contributed by atoms with van der Waals surface area (Å²) < 4.78 is 72.3. The van der Waals surface area contributed by atoms with E-state index in [9.17, 15) is 89.1 Å². The zero-order chi connectivity index (χ0) is 97.3. The SMILES string of the molecule is CCC(CCCOC(=O)CCCCCCCNC(=O)CCCOC1OC(CO)C(O)C(O)C1C)(CCCOC(=O)CCCCCCCNC(=O)CCCOC1OC(CO)C(O)C(O)C1C)CCCOC(=O)NCCCCCCCC(=O)CCCOC1OC(CO)C(O)C(O)C1C.COC[C@H]1C[C@H](OC)CN1C(=O)CCCCC(=O)CCC(C)(C)SSCCOCCOCCC(C)=O. The Morgan fingerprint density at radius 2 is 0.818 bits per heavy atom. The van der Waals surface area contributed by atoms with Crippen molar-refractivity contribution in [3.05, 3.63) is 0 Å². The van der Waals surface area contributed by atoms with Gasteiger partial charge in [0.2, 0.25) is 17.7 Å². The molecule has 0 saturated carbocycles. The highest BCUT2D eigenvalue weighted by atomic mass is 33.1. The van der Waals surface area contributed by atoms with Crippen LogP contribution in [0.2, 0.25) is 0 Å². The number of aliphatic hydroxyl groups is 9. The summed E-state index contributed by atoms with van der Waals surface area (Å²) >= 11 is 0. The number of carbonyl (C=O) groups is 9. The topological polar surface area (TPSA) is 495 Å². The van der Waals surface area contributed by atoms with Crippen molar-refractivity contribution in [1.82, 2.24) is 20.9 Å². The average Bonchev–Trinajstić information content (AvgIpc) is 1.11. The van der Waals surface area contributed by atoms with Crippen molar-refractivity contribution in [3.8, 4) is 0 Å². The van der Waals surface area contributed by atoms with Crippen LogP contribution in [0.5, 0.6) is 0 Å². The van der Waals surface area contributed by atoms with Gasteiger partial charge in [-0.25, -0.2) is 4.79 Å². The second-order valence-corrected chi connectivity index (χ2v) is 39.5. The molecule has 4 aliphatic heterocycles. The van der Waals surface area contributed by atoms with Crippen molar-refractivity contribution in [1.29, 1.82) is 0 Å². The Balaban J connectivity index is 0.00000104. The Hall–Kier alpha value is -4.43. The van der Waals surface area contributed by atoms with Crippen LogP contribution in [0.1, 0.15) is 299 Å². The maximum absolute atomic E-state index is 12.7. The molecule has 132 heavy (non-hydrogen) atoms. The summed E-state index contributed by atoms with van der Waals surface area (Å²) in [5.74, 6) is -0.621. The fraction of sp³-hybridized carbons (Fsp3) is 0.905. The van der Waals surface area contributed by atoms with Gasteiger partial charge in [-0.1, -0.05) is 113 Å². The van der Waals surface area contributed by atoms with Crippen LogP contribution in [-0.2, 0) is 99.9 Å². The normalized spacial score (nSPS) is 24.2. The number of rotatable bonds is 77. The molecule has 0 radical (unpaired) electrons. The number of ketones is 3. The van der Waals surface area contributed by atoms with Crippen molar-refractivity contribution in [3.63, 3.8) is 0 Å². The molecule has 0 aromatic heterocycles. The number of aliphatic hydroxyl groups excluding tert-OH is 9. The molecule has 15 unspecified atom stereocenters. The van der Waals surface area contributed by atoms with E-state index in [0.29, 0.717) is 162 Å². The minimum atomic E-state index is -1.20. The largest absolute Gasteiger partial charge is 0.466 e. The van der Waals surface area contributed by atoms with E-state index < -0.39 is 117 Å². The first-order valence-corrected chi connectivity index (χ1v) is 51.5. The lowest BCUT2D eigenvalue weighted by atomic mass is 9.73. The Morgan fingerprint density at radius 1 is 0.424 bits per heavy atom. The molecule has 4 saturated heterocycles. The van der Waals surface area contributed by atoms with E-state index in [4.69, 9.17) is 61.6 Å². The second-order valence-electron chi connectivity index (χ2n) is 36.4. The van der Waals surface area contributed by atoms with E-state index in [1.165, 1.54) is 0 Å². The standard InChI is InChI=1S/C69H125N3O24.C26H47NO7S2/c1-5-69(33-24-42-88-57(79)31-16-10-7-12-18-36-70-55(77)29-22-40-91-66-49(3)60(82)63(85)53(46-74)95-66,34-25-43-89-58(80)32-17-11-8-13-19-37-71-56(78)30-23-41-92-67-50(4)61(83)64(86)54(47-75)96-67)35-26-44-93-68(87)72-38-20-14-6-9-15-27-51(76)28-21-39-90-65-48(2)59(81)62(84)52(45-73)94-65;1-21(28)11-13-33-14-15-34-16-17-35-36-26(2,3)12-10-23(29)8-6-7-9-25(30)27-19-24(32-5)18-22(27)20-31-4/h48-50,52-54,59-67,73-75,81-86H,5-47H2,1-4H3,(H,70,77)(H,71,78)(H,72,87);22,24H,6-20H2,1-5H3/t;22-,24+/m.1/s1. The number of ether oxygens (including phenoxy) is 13. The van der Waals surface area contributed by atoms with Crippen LogP contribution >= 0.6 is 21.6 Å². The van der Waals surface area contributed by atoms with Crippen LogP contribution < -0.4 is 16.0 Å². The lowest BCUT2D eigenvalue weighted by Crippen LogP contribution is -2.55. The van der Waals surface area contributed by atoms with Gasteiger partial charge >= 0.3 is 18.0 Å². The van der Waals surface area contributed by atoms with Crippen molar-refractivity contribution >= 4 is 74.7 Å². The lowest BCUT2D eigenvalue weighted by Gasteiger charge is -2.40. The van der Waals surface area contributed by atoms with Crippen LogP contribution in [0.15, 0.2) is 0 Å². The smallest absolute Gasteiger partial charge is 0.407 e. The number of hydrogen-bond acceptors (Lipinski definition) is 33. The molecule has 4 fully saturated rings. The van der Waals surface area contributed by atoms with Crippen molar-refractivity contribution in [2.75, 3.05) is 139 Å². The molecule has 4 aliphatic rings. The number of amides is 4. The van der Waals surface area contributed by atoms with Crippen molar-refractivity contribution in [2.45, 2.75) is 390 Å². The summed E-state index contributed by atoms with van der Waals surface area (Å²) in [6.07, 6.45) is 13.7. The third kappa shape index (κ3) is 53.7. The summed E-state index contributed by atoms with van der Waals surface area (Å²) in [6, 6.07) is 0.0795. The molecule has 0 aliphatic carbocycles. The number of Topliss-reactive ketones (excluding diaryl/α,β-unsaturated/α-hetero) is 3. The molecule has 0 spiro atoms. The van der Waals surface area contributed by atoms with E-state index >= 15 is 0 Å². The maximum Gasteiger partial charge on any atom is 0.407 e. The van der Waals surface area contributed by atoms with Crippen molar-refractivity contribution in [2.24, 2.45) is 23.2 Å². The monoisotopic (exact) mass is 1930 g/mol. The van der Waals surface area contributed by atoms with Gasteiger partial charge in [0.05, 0.1) is 123 Å². The van der Waals surface area contributed by atoms with Crippen molar-refractivity contribution < 1.29 is 151 Å². The van der Waals surface area contributed by atoms with Crippen LogP contribution in [0.4, 0.5) is 4.79 Å². The summed E-state index contributed by atoms with van der Waals surface area (Å²) in [5.41, 5.74) is -0.164. The van der Waals surface area contributed by atoms with Gasteiger partial charge in [0.15, 0.2) is 18.9 Å². The molecule has 12 N–H and O–H groups in total. The molecule has 4 rings (SSSR count). The predicted octanol–water partition coefficient (Wildman–Crippen LogP) is 9.31. The van der Waals surface area contributed by atoms with Crippen LogP contribution in [0.25, 0.3) is 0 Å². The van der Waals surface area contributed by atoms with E-state index in [-0.39, 0.29) is 122 Å². The number of likely N-dealkylation sites (tertiary alicyclic amines) is 1. The van der Waals surface area contributed by atoms with Gasteiger partial charge in [-0.2, -0.15) is 0 Å². The summed E-state index contributed by atoms with van der Waals surface area (Å²) in [7, 11) is 6.89. The highest BCUT2D eigenvalue weighted by Gasteiger charge is 2.45. The number of unbranched alkanes of at least 4 members (excludes halogenated alkanes) is 13. The predicted molar refractivity (Wildman–Crippen MR) is 499 cm³/mol. The molecule has 0 aromatic carbocycles. The van der Waals surface area contributed by atoms with Crippen LogP contribution in [0.3, 0.4) is 0 Å². The van der Waals surface area contributed by atoms with Gasteiger partial charge in [-0.15, -0.1) is 0 Å². The zero-order valence-electron chi connectivity index (χ0n) is 81.1. The first-order valence-electron chi connectivity index (χ1n) is 49.2. The fourth-order valence-electron chi connectivity index (χ4n) is 16.2. The molecule has 770 valence electrons. The Kier molecular flexibility index (Phi) is 68.0. The lowest BCUT2D eigenvalue weighted by molar-refractivity contribution is -0.282. The molecule has 0 bridgehead atoms. The molecular weight excluding hydrogens is 1760 g/mol. The van der Waals surface area contributed by atoms with Gasteiger partial charge in [-0.05, 0) is 148 Å². The highest BCUT2D eigenvalue weighted by molar-refractivity contribution is 8.77. The summed E-state index contributed by atoms with van der Waals surface area (Å²) in [4.78, 5) is 113. The summed E-state index contributed by atoms with van der Waals surface area (Å²) in [6.45, 7) is 18.1. The Labute approximate surface area is 793 Å². The van der Waals surface area contributed by atoms with Gasteiger partial charge < -0.3 is 128 Å². The minimum absolute atomic E-state index is 0.0100. The molecule has 35 nitrogen and oxygen atoms in total. The highest BCUT2D eigenvalue weighted by Crippen LogP contribution is 2.41. The van der Waals surface area contributed by atoms with Gasteiger partial charge in [-0.3, -0.25) is 38.4 Å². The van der Waals surface area contributed by atoms with Gasteiger partial charge in [0.1, 0.15) is 54.0 Å². The molecule has 4 heterocycles.